The molecule has 2 N–H and O–H groups in total. The third-order valence-corrected chi connectivity index (χ3v) is 3.93. The van der Waals surface area contributed by atoms with E-state index in [4.69, 9.17) is 5.11 Å². The number of urea groups is 1. The first kappa shape index (κ1) is 13.1. The predicted molar refractivity (Wildman–Crippen MR) is 66.4 cm³/mol. The Kier molecular flexibility index (Phi) is 4.06. The number of nitrogens with zero attached hydrogens (tertiary/aromatic N) is 2. The van der Waals surface area contributed by atoms with Crippen LogP contribution in [0.2, 0.25) is 0 Å². The lowest BCUT2D eigenvalue weighted by atomic mass is 10.0. The number of rotatable bonds is 2. The highest BCUT2D eigenvalue weighted by molar-refractivity contribution is 5.77. The summed E-state index contributed by atoms with van der Waals surface area (Å²) < 4.78 is 0. The van der Waals surface area contributed by atoms with Crippen molar-refractivity contribution in [3.63, 3.8) is 0 Å². The van der Waals surface area contributed by atoms with Crippen molar-refractivity contribution in [1.29, 1.82) is 0 Å². The fourth-order valence-electron chi connectivity index (χ4n) is 2.69. The molecule has 0 spiro atoms. The Morgan fingerprint density at radius 3 is 2.44 bits per heavy atom. The SMILES string of the molecule is CN1CCN(C(=O)NC2CCCC2C(=O)O)CC1. The summed E-state index contributed by atoms with van der Waals surface area (Å²) in [4.78, 5) is 27.0. The van der Waals surface area contributed by atoms with Gasteiger partial charge in [-0.05, 0) is 19.9 Å². The quantitative estimate of drug-likeness (QED) is 0.739. The third-order valence-electron chi connectivity index (χ3n) is 3.93. The van der Waals surface area contributed by atoms with Crippen LogP contribution in [0.1, 0.15) is 19.3 Å². The highest BCUT2D eigenvalue weighted by Gasteiger charge is 2.34. The van der Waals surface area contributed by atoms with E-state index in [-0.39, 0.29) is 12.1 Å². The lowest BCUT2D eigenvalue weighted by Gasteiger charge is -2.33. The molecule has 1 saturated carbocycles. The van der Waals surface area contributed by atoms with Gasteiger partial charge >= 0.3 is 12.0 Å². The first-order valence-electron chi connectivity index (χ1n) is 6.54. The fraction of sp³-hybridized carbons (Fsp3) is 0.833. The minimum atomic E-state index is -0.795. The van der Waals surface area contributed by atoms with Crippen LogP contribution in [0.5, 0.6) is 0 Å². The number of aliphatic carboxylic acids is 1. The molecule has 6 heteroatoms. The van der Waals surface area contributed by atoms with Crippen molar-refractivity contribution >= 4 is 12.0 Å². The molecule has 2 aliphatic rings. The van der Waals surface area contributed by atoms with Crippen LogP contribution >= 0.6 is 0 Å². The number of carboxylic acids is 1. The molecule has 2 rings (SSSR count). The topological polar surface area (TPSA) is 72.9 Å². The molecule has 1 saturated heterocycles. The number of carbonyl (C=O) groups excluding carboxylic acids is 1. The molecule has 0 radical (unpaired) electrons. The van der Waals surface area contributed by atoms with E-state index in [9.17, 15) is 9.59 Å². The summed E-state index contributed by atoms with van der Waals surface area (Å²) in [5, 5.41) is 12.0. The third kappa shape index (κ3) is 2.93. The summed E-state index contributed by atoms with van der Waals surface area (Å²) >= 11 is 0. The number of hydrogen-bond donors (Lipinski definition) is 2. The molecule has 1 aliphatic carbocycles. The van der Waals surface area contributed by atoms with Gasteiger partial charge in [-0.3, -0.25) is 4.79 Å². The fourth-order valence-corrected chi connectivity index (χ4v) is 2.69. The summed E-state index contributed by atoms with van der Waals surface area (Å²) in [6, 6.07) is -0.309. The molecule has 18 heavy (non-hydrogen) atoms. The Morgan fingerprint density at radius 1 is 1.17 bits per heavy atom. The van der Waals surface area contributed by atoms with Crippen LogP contribution in [-0.4, -0.2) is 66.2 Å². The van der Waals surface area contributed by atoms with Crippen molar-refractivity contribution in [3.8, 4) is 0 Å². The molecule has 1 aliphatic heterocycles. The van der Waals surface area contributed by atoms with Gasteiger partial charge in [0.1, 0.15) is 0 Å². The second kappa shape index (κ2) is 5.56. The lowest BCUT2D eigenvalue weighted by Crippen LogP contribution is -2.53. The Morgan fingerprint density at radius 2 is 1.83 bits per heavy atom. The average Bonchev–Trinajstić information content (AvgIpc) is 2.78. The van der Waals surface area contributed by atoms with Crippen molar-refractivity contribution in [2.24, 2.45) is 5.92 Å². The molecule has 0 aromatic rings. The monoisotopic (exact) mass is 255 g/mol. The van der Waals surface area contributed by atoms with Gasteiger partial charge in [0, 0.05) is 32.2 Å². The molecule has 0 aromatic carbocycles. The number of likely N-dealkylation sites (N-methyl/N-ethyl adjacent to an activating group) is 1. The summed E-state index contributed by atoms with van der Waals surface area (Å²) in [6.07, 6.45) is 2.32. The number of amides is 2. The van der Waals surface area contributed by atoms with Gasteiger partial charge in [0.05, 0.1) is 5.92 Å². The molecule has 2 unspecified atom stereocenters. The normalized spacial score (nSPS) is 29.3. The minimum Gasteiger partial charge on any atom is -0.481 e. The molecule has 2 fully saturated rings. The number of carboxylic acid groups (broad SMARTS) is 1. The van der Waals surface area contributed by atoms with Gasteiger partial charge < -0.3 is 20.2 Å². The first-order chi connectivity index (χ1) is 8.58. The van der Waals surface area contributed by atoms with E-state index >= 15 is 0 Å². The van der Waals surface area contributed by atoms with Crippen LogP contribution < -0.4 is 5.32 Å². The van der Waals surface area contributed by atoms with Crippen LogP contribution in [0.25, 0.3) is 0 Å². The minimum absolute atomic E-state index is 0.110. The van der Waals surface area contributed by atoms with Crippen LogP contribution in [0.15, 0.2) is 0 Å². The Bertz CT molecular complexity index is 327. The average molecular weight is 255 g/mol. The van der Waals surface area contributed by atoms with Crippen molar-refractivity contribution in [2.75, 3.05) is 33.2 Å². The van der Waals surface area contributed by atoms with Gasteiger partial charge in [0.2, 0.25) is 0 Å². The molecular formula is C12H21N3O3. The largest absolute Gasteiger partial charge is 0.481 e. The Hall–Kier alpha value is -1.30. The van der Waals surface area contributed by atoms with Crippen molar-refractivity contribution in [3.05, 3.63) is 0 Å². The predicted octanol–water partition coefficient (Wildman–Crippen LogP) is 0.197. The second-order valence-electron chi connectivity index (χ2n) is 5.22. The second-order valence-corrected chi connectivity index (χ2v) is 5.22. The van der Waals surface area contributed by atoms with E-state index in [1.165, 1.54) is 0 Å². The lowest BCUT2D eigenvalue weighted by molar-refractivity contribution is -0.142. The van der Waals surface area contributed by atoms with Crippen LogP contribution in [-0.2, 0) is 4.79 Å². The maximum absolute atomic E-state index is 12.0. The summed E-state index contributed by atoms with van der Waals surface area (Å²) in [5.74, 6) is -1.21. The maximum Gasteiger partial charge on any atom is 0.317 e. The van der Waals surface area contributed by atoms with Gasteiger partial charge in [-0.2, -0.15) is 0 Å². The van der Waals surface area contributed by atoms with E-state index in [0.29, 0.717) is 19.5 Å². The van der Waals surface area contributed by atoms with Crippen LogP contribution in [0, 0.1) is 5.92 Å². The molecular weight excluding hydrogens is 234 g/mol. The molecule has 0 bridgehead atoms. The number of hydrogen-bond acceptors (Lipinski definition) is 3. The van der Waals surface area contributed by atoms with Crippen molar-refractivity contribution < 1.29 is 14.7 Å². The van der Waals surface area contributed by atoms with E-state index < -0.39 is 11.9 Å². The molecule has 2 amide bonds. The van der Waals surface area contributed by atoms with Gasteiger partial charge in [-0.25, -0.2) is 4.79 Å². The zero-order chi connectivity index (χ0) is 13.1. The Balaban J connectivity index is 1.85. The summed E-state index contributed by atoms with van der Waals surface area (Å²) in [5.41, 5.74) is 0. The zero-order valence-corrected chi connectivity index (χ0v) is 10.8. The molecule has 2 atom stereocenters. The highest BCUT2D eigenvalue weighted by atomic mass is 16.4. The smallest absolute Gasteiger partial charge is 0.317 e. The molecule has 1 heterocycles. The molecule has 102 valence electrons. The van der Waals surface area contributed by atoms with Gasteiger partial charge in [0.25, 0.3) is 0 Å². The summed E-state index contributed by atoms with van der Waals surface area (Å²) in [7, 11) is 2.03. The van der Waals surface area contributed by atoms with Gasteiger partial charge in [-0.15, -0.1) is 0 Å². The number of carbonyl (C=O) groups is 2. The highest BCUT2D eigenvalue weighted by Crippen LogP contribution is 2.26. The maximum atomic E-state index is 12.0. The number of nitrogens with one attached hydrogen (secondary N) is 1. The van der Waals surface area contributed by atoms with Crippen molar-refractivity contribution in [2.45, 2.75) is 25.3 Å². The summed E-state index contributed by atoms with van der Waals surface area (Å²) in [6.45, 7) is 3.18. The van der Waals surface area contributed by atoms with Crippen LogP contribution in [0.4, 0.5) is 4.79 Å². The molecule has 6 nitrogen and oxygen atoms in total. The number of piperazine rings is 1. The first-order valence-corrected chi connectivity index (χ1v) is 6.54. The van der Waals surface area contributed by atoms with E-state index in [1.54, 1.807) is 4.90 Å². The van der Waals surface area contributed by atoms with Crippen LogP contribution in [0.3, 0.4) is 0 Å². The zero-order valence-electron chi connectivity index (χ0n) is 10.8. The van der Waals surface area contributed by atoms with E-state index in [1.807, 2.05) is 7.05 Å². The van der Waals surface area contributed by atoms with Gasteiger partial charge in [-0.1, -0.05) is 6.42 Å². The van der Waals surface area contributed by atoms with Crippen molar-refractivity contribution in [1.82, 2.24) is 15.1 Å². The van der Waals surface area contributed by atoms with E-state index in [2.05, 4.69) is 10.2 Å². The van der Waals surface area contributed by atoms with E-state index in [0.717, 1.165) is 25.9 Å². The van der Waals surface area contributed by atoms with Gasteiger partial charge in [0.15, 0.2) is 0 Å². The standard InChI is InChI=1S/C12H21N3O3/c1-14-5-7-15(8-6-14)12(18)13-10-4-2-3-9(10)11(16)17/h9-10H,2-8H2,1H3,(H,13,18)(H,16,17). The molecule has 0 aromatic heterocycles. The Labute approximate surface area is 107 Å².